The van der Waals surface area contributed by atoms with Crippen LogP contribution < -0.4 is 5.32 Å². The molecule has 0 saturated heterocycles. The molecule has 0 aliphatic carbocycles. The second kappa shape index (κ2) is 8.63. The average Bonchev–Trinajstić information content (AvgIpc) is 2.62. The van der Waals surface area contributed by atoms with Crippen LogP contribution in [0.15, 0.2) is 41.4 Å². The van der Waals surface area contributed by atoms with Crippen LogP contribution in [-0.4, -0.2) is 34.1 Å². The molecule has 10 heteroatoms. The molecule has 1 atom stereocenters. The Morgan fingerprint density at radius 2 is 2.08 bits per heavy atom. The molecule has 0 saturated carbocycles. The van der Waals surface area contributed by atoms with Crippen LogP contribution in [0.4, 0.5) is 11.5 Å². The summed E-state index contributed by atoms with van der Waals surface area (Å²) in [6.07, 6.45) is 1.94. The van der Waals surface area contributed by atoms with Crippen LogP contribution in [0, 0.1) is 10.1 Å². The number of amides is 1. The number of nitro groups is 1. The second-order valence-electron chi connectivity index (χ2n) is 5.04. The first-order chi connectivity index (χ1) is 12.3. The molecular weight excluding hydrogens is 382 g/mol. The van der Waals surface area contributed by atoms with Crippen LogP contribution in [0.25, 0.3) is 0 Å². The minimum atomic E-state index is -1.18. The van der Waals surface area contributed by atoms with Gasteiger partial charge in [-0.2, -0.15) is 0 Å². The number of nitrogens with one attached hydrogen (secondary N) is 1. The molecule has 0 spiro atoms. The molecule has 0 fully saturated rings. The number of hydrogen-bond donors (Lipinski definition) is 1. The molecular formula is C16H14ClN3O5S. The van der Waals surface area contributed by atoms with Crippen molar-refractivity contribution in [2.75, 3.05) is 11.6 Å². The molecule has 0 aliphatic heterocycles. The van der Waals surface area contributed by atoms with Crippen molar-refractivity contribution in [2.45, 2.75) is 17.9 Å². The number of nitro benzene ring substituents is 1. The van der Waals surface area contributed by atoms with E-state index in [1.807, 2.05) is 0 Å². The first-order valence-corrected chi connectivity index (χ1v) is 8.88. The zero-order valence-corrected chi connectivity index (χ0v) is 15.3. The highest BCUT2D eigenvalue weighted by atomic mass is 35.5. The van der Waals surface area contributed by atoms with Crippen molar-refractivity contribution < 1.29 is 19.2 Å². The molecule has 2 aromatic rings. The lowest BCUT2D eigenvalue weighted by Gasteiger charge is -2.13. The minimum absolute atomic E-state index is 0.217. The molecule has 0 radical (unpaired) electrons. The number of nitrogens with zero attached hydrogens (tertiary/aromatic N) is 2. The SMILES string of the molecule is CSc1ccc([N+](=O)[O-])c(C(=O)OC(C)C(=O)Nc2ccc(Cl)cn2)c1. The summed E-state index contributed by atoms with van der Waals surface area (Å²) in [5.74, 6) is -1.35. The number of carbonyl (C=O) groups is 2. The van der Waals surface area contributed by atoms with Crippen molar-refractivity contribution in [1.29, 1.82) is 0 Å². The third-order valence-corrected chi connectivity index (χ3v) is 4.20. The molecule has 1 aromatic carbocycles. The van der Waals surface area contributed by atoms with Gasteiger partial charge >= 0.3 is 5.97 Å². The largest absolute Gasteiger partial charge is 0.449 e. The maximum Gasteiger partial charge on any atom is 0.345 e. The number of pyridine rings is 1. The summed E-state index contributed by atoms with van der Waals surface area (Å²) in [4.78, 5) is 39.4. The van der Waals surface area contributed by atoms with E-state index in [2.05, 4.69) is 10.3 Å². The number of halogens is 1. The van der Waals surface area contributed by atoms with Gasteiger partial charge in [0.05, 0.1) is 9.95 Å². The van der Waals surface area contributed by atoms with Crippen molar-refractivity contribution in [3.63, 3.8) is 0 Å². The predicted octanol–water partition coefficient (Wildman–Crippen LogP) is 3.55. The summed E-state index contributed by atoms with van der Waals surface area (Å²) in [7, 11) is 0. The lowest BCUT2D eigenvalue weighted by Crippen LogP contribution is -2.30. The van der Waals surface area contributed by atoms with Gasteiger partial charge in [-0.3, -0.25) is 14.9 Å². The molecule has 1 amide bonds. The van der Waals surface area contributed by atoms with Gasteiger partial charge in [0.1, 0.15) is 11.4 Å². The molecule has 1 unspecified atom stereocenters. The topological polar surface area (TPSA) is 111 Å². The molecule has 8 nitrogen and oxygen atoms in total. The summed E-state index contributed by atoms with van der Waals surface area (Å²) in [6, 6.07) is 7.14. The van der Waals surface area contributed by atoms with Crippen LogP contribution in [0.5, 0.6) is 0 Å². The normalized spacial score (nSPS) is 11.5. The van der Waals surface area contributed by atoms with Gasteiger partial charge < -0.3 is 10.1 Å². The van der Waals surface area contributed by atoms with Crippen molar-refractivity contribution in [3.05, 3.63) is 57.2 Å². The molecule has 0 aliphatic rings. The number of rotatable bonds is 6. The van der Waals surface area contributed by atoms with Crippen LogP contribution in [-0.2, 0) is 9.53 Å². The minimum Gasteiger partial charge on any atom is -0.449 e. The first-order valence-electron chi connectivity index (χ1n) is 7.27. The number of carbonyl (C=O) groups excluding carboxylic acids is 2. The smallest absolute Gasteiger partial charge is 0.345 e. The molecule has 136 valence electrons. The summed E-state index contributed by atoms with van der Waals surface area (Å²) in [6.45, 7) is 1.35. The number of ether oxygens (including phenoxy) is 1. The number of thioether (sulfide) groups is 1. The van der Waals surface area contributed by atoms with Gasteiger partial charge in [0, 0.05) is 17.2 Å². The van der Waals surface area contributed by atoms with E-state index >= 15 is 0 Å². The van der Waals surface area contributed by atoms with Crippen molar-refractivity contribution in [2.24, 2.45) is 0 Å². The highest BCUT2D eigenvalue weighted by Gasteiger charge is 2.26. The third-order valence-electron chi connectivity index (χ3n) is 3.25. The maximum atomic E-state index is 12.3. The zero-order chi connectivity index (χ0) is 19.3. The molecule has 26 heavy (non-hydrogen) atoms. The predicted molar refractivity (Wildman–Crippen MR) is 97.6 cm³/mol. The van der Waals surface area contributed by atoms with Gasteiger partial charge in [-0.15, -0.1) is 11.8 Å². The van der Waals surface area contributed by atoms with E-state index in [4.69, 9.17) is 16.3 Å². The van der Waals surface area contributed by atoms with Crippen LogP contribution in [0.1, 0.15) is 17.3 Å². The lowest BCUT2D eigenvalue weighted by atomic mass is 10.2. The van der Waals surface area contributed by atoms with Crippen molar-refractivity contribution in [3.8, 4) is 0 Å². The Bertz CT molecular complexity index is 844. The van der Waals surface area contributed by atoms with Gasteiger partial charge in [-0.1, -0.05) is 11.6 Å². The van der Waals surface area contributed by atoms with E-state index in [0.717, 1.165) is 0 Å². The van der Waals surface area contributed by atoms with E-state index in [1.165, 1.54) is 55.2 Å². The van der Waals surface area contributed by atoms with Gasteiger partial charge in [-0.25, -0.2) is 9.78 Å². The van der Waals surface area contributed by atoms with Gasteiger partial charge in [-0.05, 0) is 37.4 Å². The zero-order valence-electron chi connectivity index (χ0n) is 13.8. The fourth-order valence-electron chi connectivity index (χ4n) is 1.92. The Hall–Kier alpha value is -2.65. The van der Waals surface area contributed by atoms with Crippen LogP contribution >= 0.6 is 23.4 Å². The van der Waals surface area contributed by atoms with E-state index in [0.29, 0.717) is 9.92 Å². The number of esters is 1. The molecule has 2 rings (SSSR count). The highest BCUT2D eigenvalue weighted by molar-refractivity contribution is 7.98. The fraction of sp³-hybridized carbons (Fsp3) is 0.188. The van der Waals surface area contributed by atoms with E-state index in [9.17, 15) is 19.7 Å². The molecule has 1 N–H and O–H groups in total. The number of anilines is 1. The monoisotopic (exact) mass is 395 g/mol. The Balaban J connectivity index is 2.12. The second-order valence-corrected chi connectivity index (χ2v) is 6.35. The van der Waals surface area contributed by atoms with Gasteiger partial charge in [0.25, 0.3) is 11.6 Å². The fourth-order valence-corrected chi connectivity index (χ4v) is 2.47. The average molecular weight is 396 g/mol. The lowest BCUT2D eigenvalue weighted by molar-refractivity contribution is -0.385. The summed E-state index contributed by atoms with van der Waals surface area (Å²) in [5, 5.41) is 14.0. The van der Waals surface area contributed by atoms with Crippen molar-refractivity contribution >= 4 is 46.7 Å². The Morgan fingerprint density at radius 3 is 2.65 bits per heavy atom. The van der Waals surface area contributed by atoms with Crippen LogP contribution in [0.3, 0.4) is 0 Å². The summed E-state index contributed by atoms with van der Waals surface area (Å²) < 4.78 is 5.07. The Labute approximate surface area is 158 Å². The summed E-state index contributed by atoms with van der Waals surface area (Å²) in [5.41, 5.74) is -0.606. The number of hydrogen-bond acceptors (Lipinski definition) is 7. The van der Waals surface area contributed by atoms with E-state index in [1.54, 1.807) is 6.26 Å². The standard InChI is InChI=1S/C16H14ClN3O5S/c1-9(15(21)19-14-6-3-10(17)8-18-14)25-16(22)12-7-11(26-2)4-5-13(12)20(23)24/h3-9H,1-2H3,(H,18,19,21). The quantitative estimate of drug-likeness (QED) is 0.344. The molecule has 1 aromatic heterocycles. The summed E-state index contributed by atoms with van der Waals surface area (Å²) >= 11 is 7.03. The Kier molecular flexibility index (Phi) is 6.53. The first kappa shape index (κ1) is 19.7. The van der Waals surface area contributed by atoms with Crippen molar-refractivity contribution in [1.82, 2.24) is 4.98 Å². The van der Waals surface area contributed by atoms with E-state index < -0.39 is 22.9 Å². The molecule has 0 bridgehead atoms. The highest BCUT2D eigenvalue weighted by Crippen LogP contribution is 2.25. The van der Waals surface area contributed by atoms with Gasteiger partial charge in [0.2, 0.25) is 0 Å². The number of aromatic nitrogens is 1. The Morgan fingerprint density at radius 1 is 1.35 bits per heavy atom. The van der Waals surface area contributed by atoms with E-state index in [-0.39, 0.29) is 17.1 Å². The third kappa shape index (κ3) is 4.93. The maximum absolute atomic E-state index is 12.3. The van der Waals surface area contributed by atoms with Crippen LogP contribution in [0.2, 0.25) is 5.02 Å². The molecule has 1 heterocycles. The van der Waals surface area contributed by atoms with Gasteiger partial charge in [0.15, 0.2) is 6.10 Å². The number of benzene rings is 1.